The van der Waals surface area contributed by atoms with Crippen molar-refractivity contribution < 1.29 is 19.4 Å². The fraction of sp³-hybridized carbons (Fsp3) is 0.800. The number of aliphatic hydroxyl groups excluding tert-OH is 1. The van der Waals surface area contributed by atoms with Crippen molar-refractivity contribution in [2.45, 2.75) is 89.9 Å². The molecule has 1 N–H and O–H groups in total. The van der Waals surface area contributed by atoms with Gasteiger partial charge >= 0.3 is 5.97 Å². The lowest BCUT2D eigenvalue weighted by atomic mass is 9.43. The molecule has 1 aliphatic heterocycles. The Morgan fingerprint density at radius 1 is 1.24 bits per heavy atom. The van der Waals surface area contributed by atoms with Crippen LogP contribution < -0.4 is 0 Å². The van der Waals surface area contributed by atoms with Gasteiger partial charge in [-0.2, -0.15) is 0 Å². The molecule has 29 heavy (non-hydrogen) atoms. The lowest BCUT2D eigenvalue weighted by Gasteiger charge is -2.65. The van der Waals surface area contributed by atoms with Crippen LogP contribution in [0.5, 0.6) is 0 Å². The number of carbonyl (C=O) groups excluding carboxylic acids is 1. The van der Waals surface area contributed by atoms with Gasteiger partial charge in [-0.15, -0.1) is 0 Å². The lowest BCUT2D eigenvalue weighted by Crippen LogP contribution is -2.63. The Labute approximate surface area is 174 Å². The molecule has 0 aromatic carbocycles. The summed E-state index contributed by atoms with van der Waals surface area (Å²) in [6.07, 6.45) is 12.1. The smallest absolute Gasteiger partial charge is 0.302 e. The van der Waals surface area contributed by atoms with Gasteiger partial charge in [0.25, 0.3) is 0 Å². The van der Waals surface area contributed by atoms with Gasteiger partial charge in [0.2, 0.25) is 0 Å². The second kappa shape index (κ2) is 6.35. The molecular formula is C25H36O4. The first kappa shape index (κ1) is 19.7. The van der Waals surface area contributed by atoms with Crippen LogP contribution in [-0.2, 0) is 14.3 Å². The minimum absolute atomic E-state index is 0.0239. The third kappa shape index (κ3) is 2.44. The number of hydrogen-bond acceptors (Lipinski definition) is 4. The van der Waals surface area contributed by atoms with E-state index in [0.717, 1.165) is 44.1 Å². The Balaban J connectivity index is 1.56. The highest BCUT2D eigenvalue weighted by atomic mass is 16.6. The molecule has 160 valence electrons. The van der Waals surface area contributed by atoms with Crippen LogP contribution >= 0.6 is 0 Å². The maximum Gasteiger partial charge on any atom is 0.302 e. The van der Waals surface area contributed by atoms with Crippen molar-refractivity contribution >= 4 is 5.97 Å². The van der Waals surface area contributed by atoms with E-state index in [4.69, 9.17) is 9.47 Å². The lowest BCUT2D eigenvalue weighted by molar-refractivity contribution is -0.217. The minimum atomic E-state index is -0.253. The van der Waals surface area contributed by atoms with E-state index in [-0.39, 0.29) is 35.1 Å². The predicted octanol–water partition coefficient (Wildman–Crippen LogP) is 4.77. The molecule has 4 saturated carbocycles. The number of carbonyl (C=O) groups is 1. The Hall–Kier alpha value is -1.29. The molecular weight excluding hydrogens is 364 g/mol. The fourth-order valence-corrected chi connectivity index (χ4v) is 8.78. The summed E-state index contributed by atoms with van der Waals surface area (Å²) in [6, 6.07) is 0. The van der Waals surface area contributed by atoms with Crippen molar-refractivity contribution in [3.63, 3.8) is 0 Å². The van der Waals surface area contributed by atoms with Crippen molar-refractivity contribution in [2.75, 3.05) is 0 Å². The average molecular weight is 401 g/mol. The molecule has 4 aliphatic carbocycles. The summed E-state index contributed by atoms with van der Waals surface area (Å²) >= 11 is 0. The predicted molar refractivity (Wildman–Crippen MR) is 111 cm³/mol. The van der Waals surface area contributed by atoms with Crippen LogP contribution in [0.25, 0.3) is 0 Å². The molecule has 0 amide bonds. The van der Waals surface area contributed by atoms with Gasteiger partial charge in [0, 0.05) is 30.6 Å². The quantitative estimate of drug-likeness (QED) is 0.679. The van der Waals surface area contributed by atoms with Crippen LogP contribution in [0.2, 0.25) is 0 Å². The Morgan fingerprint density at radius 2 is 2.03 bits per heavy atom. The van der Waals surface area contributed by atoms with Gasteiger partial charge in [-0.05, 0) is 67.8 Å². The minimum Gasteiger partial charge on any atom is -0.494 e. The molecule has 0 spiro atoms. The van der Waals surface area contributed by atoms with Gasteiger partial charge in [-0.1, -0.05) is 26.5 Å². The van der Waals surface area contributed by atoms with Gasteiger partial charge in [0.15, 0.2) is 0 Å². The summed E-state index contributed by atoms with van der Waals surface area (Å²) in [5.74, 6) is 1.71. The SMILES string of the molecule is C=CC1=CO[C@]23C[C@H](OC(C)=O)[C@H]1[C@@]2(C)CC[C@H]1[C@H]3CC[C@@H]2C[C@@H](O)CC[C@@]21C. The van der Waals surface area contributed by atoms with Crippen molar-refractivity contribution in [3.8, 4) is 0 Å². The highest BCUT2D eigenvalue weighted by Gasteiger charge is 2.73. The standard InChI is InChI=1S/C25H36O4/c1-5-16-14-28-25-13-21(29-15(2)26)22(16)24(25,4)11-9-19-20(25)7-6-17-12-18(27)8-10-23(17,19)3/h5,14,17-22,27H,1,6-13H2,2-4H3/t17-,18+,19+,20-,21+,22+,23+,24-,25+/m1/s1. The number of allylic oxidation sites excluding steroid dienone is 1. The number of ether oxygens (including phenoxy) is 2. The molecule has 4 nitrogen and oxygen atoms in total. The topological polar surface area (TPSA) is 55.8 Å². The van der Waals surface area contributed by atoms with Crippen molar-refractivity contribution in [3.05, 3.63) is 24.5 Å². The van der Waals surface area contributed by atoms with Gasteiger partial charge < -0.3 is 14.6 Å². The van der Waals surface area contributed by atoms with Gasteiger partial charge in [0.05, 0.1) is 12.4 Å². The third-order valence-corrected chi connectivity index (χ3v) is 10.1. The molecule has 4 heteroatoms. The Morgan fingerprint density at radius 3 is 2.76 bits per heavy atom. The normalized spacial score (nSPS) is 52.9. The van der Waals surface area contributed by atoms with E-state index in [9.17, 15) is 9.90 Å². The monoisotopic (exact) mass is 400 g/mol. The highest BCUT2D eigenvalue weighted by Crippen LogP contribution is 2.72. The van der Waals surface area contributed by atoms with E-state index < -0.39 is 0 Å². The second-order valence-corrected chi connectivity index (χ2v) is 11.0. The molecule has 2 bridgehead atoms. The maximum atomic E-state index is 11.9. The largest absolute Gasteiger partial charge is 0.494 e. The summed E-state index contributed by atoms with van der Waals surface area (Å²) < 4.78 is 12.6. The second-order valence-electron chi connectivity index (χ2n) is 11.0. The number of aliphatic hydroxyl groups is 1. The maximum absolute atomic E-state index is 11.9. The van der Waals surface area contributed by atoms with Gasteiger partial charge in [0.1, 0.15) is 11.7 Å². The summed E-state index contributed by atoms with van der Waals surface area (Å²) in [6.45, 7) is 10.4. The fourth-order valence-electron chi connectivity index (χ4n) is 8.78. The van der Waals surface area contributed by atoms with Crippen LogP contribution in [0, 0.1) is 34.5 Å². The molecule has 4 fully saturated rings. The van der Waals surface area contributed by atoms with Crippen molar-refractivity contribution in [1.82, 2.24) is 0 Å². The van der Waals surface area contributed by atoms with E-state index in [0.29, 0.717) is 23.2 Å². The average Bonchev–Trinajstić information content (AvgIpc) is 2.80. The molecule has 1 heterocycles. The zero-order valence-corrected chi connectivity index (χ0v) is 18.2. The van der Waals surface area contributed by atoms with Gasteiger partial charge in [-0.3, -0.25) is 4.79 Å². The van der Waals surface area contributed by atoms with Crippen molar-refractivity contribution in [2.24, 2.45) is 34.5 Å². The van der Waals surface area contributed by atoms with E-state index in [1.165, 1.54) is 19.8 Å². The van der Waals surface area contributed by atoms with Gasteiger partial charge in [-0.25, -0.2) is 0 Å². The zero-order chi connectivity index (χ0) is 20.6. The first-order valence-corrected chi connectivity index (χ1v) is 11.6. The number of rotatable bonds is 2. The van der Waals surface area contributed by atoms with E-state index in [2.05, 4.69) is 20.4 Å². The molecule has 0 saturated heterocycles. The summed E-state index contributed by atoms with van der Waals surface area (Å²) in [5.41, 5.74) is 1.10. The first-order valence-electron chi connectivity index (χ1n) is 11.6. The zero-order valence-electron chi connectivity index (χ0n) is 18.2. The first-order chi connectivity index (χ1) is 13.7. The number of fused-ring (bicyclic) bond motifs is 3. The van der Waals surface area contributed by atoms with E-state index >= 15 is 0 Å². The van der Waals surface area contributed by atoms with Crippen LogP contribution in [-0.4, -0.2) is 28.9 Å². The molecule has 0 aromatic rings. The highest BCUT2D eigenvalue weighted by molar-refractivity contribution is 5.66. The van der Waals surface area contributed by atoms with Crippen LogP contribution in [0.1, 0.15) is 72.1 Å². The van der Waals surface area contributed by atoms with E-state index in [1.54, 1.807) is 0 Å². The summed E-state index contributed by atoms with van der Waals surface area (Å²) in [5, 5.41) is 10.3. The Kier molecular flexibility index (Phi) is 4.31. The number of hydrogen-bond donors (Lipinski definition) is 1. The summed E-state index contributed by atoms with van der Waals surface area (Å²) in [4.78, 5) is 11.9. The molecule has 9 atom stereocenters. The molecule has 0 unspecified atom stereocenters. The molecule has 5 rings (SSSR count). The summed E-state index contributed by atoms with van der Waals surface area (Å²) in [7, 11) is 0. The van der Waals surface area contributed by atoms with Crippen LogP contribution in [0.3, 0.4) is 0 Å². The molecule has 5 aliphatic rings. The molecule has 0 radical (unpaired) electrons. The van der Waals surface area contributed by atoms with Crippen LogP contribution in [0.4, 0.5) is 0 Å². The van der Waals surface area contributed by atoms with Crippen molar-refractivity contribution in [1.29, 1.82) is 0 Å². The molecule has 0 aromatic heterocycles. The van der Waals surface area contributed by atoms with Crippen LogP contribution in [0.15, 0.2) is 24.5 Å². The third-order valence-electron chi connectivity index (χ3n) is 10.1. The van der Waals surface area contributed by atoms with E-state index in [1.807, 2.05) is 12.3 Å². The number of esters is 1. The Bertz CT molecular complexity index is 758.